The Morgan fingerprint density at radius 1 is 1.35 bits per heavy atom. The molecule has 1 saturated heterocycles. The number of hydrogen-bond donors (Lipinski definition) is 1. The van der Waals surface area contributed by atoms with Crippen molar-refractivity contribution in [2.45, 2.75) is 26.3 Å². The van der Waals surface area contributed by atoms with Gasteiger partial charge < -0.3 is 20.1 Å². The molecule has 0 aromatic carbocycles. The van der Waals surface area contributed by atoms with E-state index in [0.29, 0.717) is 43.5 Å². The SMILES string of the molecule is COC(=O)c1c(N2CCOCC2)nn(C(C)(C)C)c1N. The van der Waals surface area contributed by atoms with Gasteiger partial charge in [-0.3, -0.25) is 0 Å². The van der Waals surface area contributed by atoms with Crippen LogP contribution >= 0.6 is 0 Å². The van der Waals surface area contributed by atoms with Gasteiger partial charge in [0.05, 0.1) is 25.9 Å². The number of carbonyl (C=O) groups is 1. The zero-order valence-electron chi connectivity index (χ0n) is 12.5. The van der Waals surface area contributed by atoms with Gasteiger partial charge in [0.1, 0.15) is 11.4 Å². The third-order valence-corrected chi connectivity index (χ3v) is 3.24. The first-order chi connectivity index (χ1) is 9.36. The molecule has 1 aromatic rings. The highest BCUT2D eigenvalue weighted by atomic mass is 16.5. The maximum Gasteiger partial charge on any atom is 0.345 e. The van der Waals surface area contributed by atoms with Crippen molar-refractivity contribution in [2.75, 3.05) is 44.0 Å². The quantitative estimate of drug-likeness (QED) is 0.810. The van der Waals surface area contributed by atoms with Crippen LogP contribution in [0.2, 0.25) is 0 Å². The number of rotatable bonds is 2. The number of hydrogen-bond acceptors (Lipinski definition) is 6. The van der Waals surface area contributed by atoms with Crippen molar-refractivity contribution in [2.24, 2.45) is 0 Å². The lowest BCUT2D eigenvalue weighted by Gasteiger charge is -2.27. The topological polar surface area (TPSA) is 82.6 Å². The fourth-order valence-corrected chi connectivity index (χ4v) is 2.22. The maximum atomic E-state index is 12.0. The Balaban J connectivity index is 2.50. The molecule has 1 fully saturated rings. The molecule has 0 amide bonds. The number of anilines is 2. The molecule has 1 aromatic heterocycles. The Morgan fingerprint density at radius 3 is 2.45 bits per heavy atom. The van der Waals surface area contributed by atoms with E-state index >= 15 is 0 Å². The summed E-state index contributed by atoms with van der Waals surface area (Å²) in [6, 6.07) is 0. The van der Waals surface area contributed by atoms with Crippen molar-refractivity contribution in [3.05, 3.63) is 5.56 Å². The fourth-order valence-electron chi connectivity index (χ4n) is 2.22. The predicted molar refractivity (Wildman–Crippen MR) is 76.0 cm³/mol. The summed E-state index contributed by atoms with van der Waals surface area (Å²) in [5.74, 6) is 0.456. The number of methoxy groups -OCH3 is 1. The first-order valence-corrected chi connectivity index (χ1v) is 6.66. The number of aromatic nitrogens is 2. The molecule has 1 aliphatic heterocycles. The summed E-state index contributed by atoms with van der Waals surface area (Å²) in [5.41, 5.74) is 6.14. The minimum Gasteiger partial charge on any atom is -0.465 e. The molecule has 0 aliphatic carbocycles. The van der Waals surface area contributed by atoms with Gasteiger partial charge in [-0.2, -0.15) is 5.10 Å². The van der Waals surface area contributed by atoms with Crippen LogP contribution in [0.5, 0.6) is 0 Å². The lowest BCUT2D eigenvalue weighted by molar-refractivity contribution is 0.0601. The summed E-state index contributed by atoms with van der Waals surface area (Å²) in [4.78, 5) is 14.0. The average Bonchev–Trinajstić information content (AvgIpc) is 2.76. The summed E-state index contributed by atoms with van der Waals surface area (Å²) < 4.78 is 11.8. The van der Waals surface area contributed by atoms with E-state index < -0.39 is 5.97 Å². The van der Waals surface area contributed by atoms with Gasteiger partial charge in [0.2, 0.25) is 0 Å². The molecule has 2 N–H and O–H groups in total. The van der Waals surface area contributed by atoms with E-state index in [2.05, 4.69) is 5.10 Å². The highest BCUT2D eigenvalue weighted by molar-refractivity contribution is 5.99. The van der Waals surface area contributed by atoms with Gasteiger partial charge in [-0.1, -0.05) is 0 Å². The fraction of sp³-hybridized carbons (Fsp3) is 0.692. The summed E-state index contributed by atoms with van der Waals surface area (Å²) in [7, 11) is 1.35. The second-order valence-corrected chi connectivity index (χ2v) is 5.76. The van der Waals surface area contributed by atoms with Gasteiger partial charge in [-0.15, -0.1) is 0 Å². The summed E-state index contributed by atoms with van der Waals surface area (Å²) in [5, 5.41) is 4.53. The predicted octanol–water partition coefficient (Wildman–Crippen LogP) is 0.843. The van der Waals surface area contributed by atoms with Crippen molar-refractivity contribution < 1.29 is 14.3 Å². The van der Waals surface area contributed by atoms with Gasteiger partial charge in [0.15, 0.2) is 5.82 Å². The average molecular weight is 282 g/mol. The highest BCUT2D eigenvalue weighted by Crippen LogP contribution is 2.30. The number of nitrogens with two attached hydrogens (primary N) is 1. The molecule has 112 valence electrons. The van der Waals surface area contributed by atoms with Crippen LogP contribution < -0.4 is 10.6 Å². The molecule has 0 bridgehead atoms. The Bertz CT molecular complexity index is 498. The third kappa shape index (κ3) is 2.58. The third-order valence-electron chi connectivity index (χ3n) is 3.24. The van der Waals surface area contributed by atoms with Crippen molar-refractivity contribution in [3.63, 3.8) is 0 Å². The van der Waals surface area contributed by atoms with Gasteiger partial charge in [-0.05, 0) is 20.8 Å². The first kappa shape index (κ1) is 14.6. The van der Waals surface area contributed by atoms with Gasteiger partial charge in [0.25, 0.3) is 0 Å². The minimum absolute atomic E-state index is 0.308. The second-order valence-electron chi connectivity index (χ2n) is 5.76. The molecule has 2 heterocycles. The molecule has 0 saturated carbocycles. The van der Waals surface area contributed by atoms with Crippen molar-refractivity contribution in [1.82, 2.24) is 9.78 Å². The minimum atomic E-state index is -0.459. The smallest absolute Gasteiger partial charge is 0.345 e. The standard InChI is InChI=1S/C13H22N4O3/c1-13(2,3)17-10(14)9(12(18)19-4)11(15-17)16-5-7-20-8-6-16/h5-8,14H2,1-4H3. The molecule has 0 atom stereocenters. The molecule has 1 aliphatic rings. The molecular weight excluding hydrogens is 260 g/mol. The van der Waals surface area contributed by atoms with E-state index in [9.17, 15) is 4.79 Å². The van der Waals surface area contributed by atoms with Crippen molar-refractivity contribution >= 4 is 17.6 Å². The number of ether oxygens (including phenoxy) is 2. The van der Waals surface area contributed by atoms with Crippen LogP contribution in [0.25, 0.3) is 0 Å². The maximum absolute atomic E-state index is 12.0. The number of carbonyl (C=O) groups excluding carboxylic acids is 1. The molecule has 0 spiro atoms. The van der Waals surface area contributed by atoms with E-state index in [1.807, 2.05) is 25.7 Å². The van der Waals surface area contributed by atoms with Crippen LogP contribution in [0, 0.1) is 0 Å². The Morgan fingerprint density at radius 2 is 1.95 bits per heavy atom. The highest BCUT2D eigenvalue weighted by Gasteiger charge is 2.31. The van der Waals surface area contributed by atoms with Crippen LogP contribution in [-0.4, -0.2) is 49.2 Å². The summed E-state index contributed by atoms with van der Waals surface area (Å²) in [6.07, 6.45) is 0. The first-order valence-electron chi connectivity index (χ1n) is 6.66. The van der Waals surface area contributed by atoms with E-state index in [1.165, 1.54) is 7.11 Å². The van der Waals surface area contributed by atoms with Crippen LogP contribution in [0.4, 0.5) is 11.6 Å². The largest absolute Gasteiger partial charge is 0.465 e. The molecule has 0 radical (unpaired) electrons. The Kier molecular flexibility index (Phi) is 3.89. The van der Waals surface area contributed by atoms with Crippen molar-refractivity contribution in [3.8, 4) is 0 Å². The zero-order valence-corrected chi connectivity index (χ0v) is 12.5. The lowest BCUT2D eigenvalue weighted by atomic mass is 10.1. The van der Waals surface area contributed by atoms with Gasteiger partial charge in [0, 0.05) is 13.1 Å². The Hall–Kier alpha value is -1.76. The van der Waals surface area contributed by atoms with E-state index in [-0.39, 0.29) is 5.54 Å². The Labute approximate surface area is 118 Å². The molecule has 0 unspecified atom stereocenters. The van der Waals surface area contributed by atoms with Crippen LogP contribution in [-0.2, 0) is 15.0 Å². The van der Waals surface area contributed by atoms with Crippen LogP contribution in [0.3, 0.4) is 0 Å². The van der Waals surface area contributed by atoms with E-state index in [0.717, 1.165) is 0 Å². The summed E-state index contributed by atoms with van der Waals surface area (Å²) in [6.45, 7) is 8.56. The zero-order chi connectivity index (χ0) is 14.9. The monoisotopic (exact) mass is 282 g/mol. The van der Waals surface area contributed by atoms with E-state index in [4.69, 9.17) is 15.2 Å². The molecule has 2 rings (SSSR count). The van der Waals surface area contributed by atoms with Crippen LogP contribution in [0.1, 0.15) is 31.1 Å². The van der Waals surface area contributed by atoms with Crippen LogP contribution in [0.15, 0.2) is 0 Å². The number of nitrogens with zero attached hydrogens (tertiary/aromatic N) is 3. The molecule has 7 heteroatoms. The molecular formula is C13H22N4O3. The number of nitrogen functional groups attached to an aromatic ring is 1. The van der Waals surface area contributed by atoms with Gasteiger partial charge >= 0.3 is 5.97 Å². The van der Waals surface area contributed by atoms with E-state index in [1.54, 1.807) is 4.68 Å². The van der Waals surface area contributed by atoms with Crippen molar-refractivity contribution in [1.29, 1.82) is 0 Å². The normalized spacial score (nSPS) is 16.3. The second kappa shape index (κ2) is 5.32. The number of esters is 1. The van der Waals surface area contributed by atoms with Gasteiger partial charge in [-0.25, -0.2) is 9.48 Å². The number of morpholine rings is 1. The summed E-state index contributed by atoms with van der Waals surface area (Å²) >= 11 is 0. The molecule has 7 nitrogen and oxygen atoms in total. The lowest BCUT2D eigenvalue weighted by Crippen LogP contribution is -2.37. The molecule has 20 heavy (non-hydrogen) atoms.